The van der Waals surface area contributed by atoms with E-state index in [1.807, 2.05) is 0 Å². The third-order valence-electron chi connectivity index (χ3n) is 4.15. The Morgan fingerprint density at radius 1 is 1.21 bits per heavy atom. The highest BCUT2D eigenvalue weighted by Crippen LogP contribution is 2.36. The molecule has 0 bridgehead atoms. The van der Waals surface area contributed by atoms with Gasteiger partial charge in [0.1, 0.15) is 0 Å². The van der Waals surface area contributed by atoms with Crippen molar-refractivity contribution in [3.63, 3.8) is 0 Å². The largest absolute Gasteiger partial charge is 0.377 e. The van der Waals surface area contributed by atoms with Crippen LogP contribution >= 0.6 is 0 Å². The summed E-state index contributed by atoms with van der Waals surface area (Å²) in [6, 6.07) is 4.62. The minimum Gasteiger partial charge on any atom is -0.377 e. The molecule has 2 nitrogen and oxygen atoms in total. The smallest absolute Gasteiger partial charge is 0.0757 e. The van der Waals surface area contributed by atoms with Crippen LogP contribution in [0.25, 0.3) is 0 Å². The van der Waals surface area contributed by atoms with Crippen molar-refractivity contribution in [2.45, 2.75) is 59.1 Å². The van der Waals surface area contributed by atoms with E-state index >= 15 is 0 Å². The van der Waals surface area contributed by atoms with Crippen molar-refractivity contribution in [3.05, 3.63) is 34.4 Å². The summed E-state index contributed by atoms with van der Waals surface area (Å²) in [4.78, 5) is 0. The predicted octanol–water partition coefficient (Wildman–Crippen LogP) is 3.30. The third kappa shape index (κ3) is 3.58. The number of nitrogens with two attached hydrogens (primary N) is 1. The Morgan fingerprint density at radius 3 is 2.26 bits per heavy atom. The molecule has 0 heterocycles. The van der Waals surface area contributed by atoms with Gasteiger partial charge in [-0.05, 0) is 69.6 Å². The summed E-state index contributed by atoms with van der Waals surface area (Å²) in [6.45, 7) is 9.35. The third-order valence-corrected chi connectivity index (χ3v) is 4.15. The zero-order chi connectivity index (χ0) is 14.0. The maximum absolute atomic E-state index is 6.43. The quantitative estimate of drug-likeness (QED) is 0.852. The van der Waals surface area contributed by atoms with E-state index in [4.69, 9.17) is 10.5 Å². The van der Waals surface area contributed by atoms with E-state index in [1.165, 1.54) is 35.1 Å². The highest BCUT2D eigenvalue weighted by Gasteiger charge is 2.35. The summed E-state index contributed by atoms with van der Waals surface area (Å²) >= 11 is 0. The first-order valence-electron chi connectivity index (χ1n) is 7.46. The summed E-state index contributed by atoms with van der Waals surface area (Å²) in [7, 11) is 0. The molecule has 2 N–H and O–H groups in total. The Bertz CT molecular complexity index is 414. The summed E-state index contributed by atoms with van der Waals surface area (Å²) in [5.41, 5.74) is 11.9. The molecule has 1 aliphatic rings. The van der Waals surface area contributed by atoms with Crippen LogP contribution in [0, 0.1) is 26.7 Å². The molecule has 1 saturated carbocycles. The average molecular weight is 261 g/mol. The van der Waals surface area contributed by atoms with Crippen LogP contribution in [-0.2, 0) is 11.2 Å². The van der Waals surface area contributed by atoms with Crippen LogP contribution < -0.4 is 5.73 Å². The molecule has 106 valence electrons. The van der Waals surface area contributed by atoms with E-state index in [0.29, 0.717) is 5.92 Å². The lowest BCUT2D eigenvalue weighted by Crippen LogP contribution is -2.40. The van der Waals surface area contributed by atoms with E-state index in [0.717, 1.165) is 13.0 Å². The molecular formula is C17H27NO. The van der Waals surface area contributed by atoms with Crippen molar-refractivity contribution >= 4 is 0 Å². The van der Waals surface area contributed by atoms with Gasteiger partial charge in [-0.3, -0.25) is 0 Å². The SMILES string of the molecule is CCOC(C(N)Cc1c(C)cc(C)cc1C)C1CC1. The first-order valence-corrected chi connectivity index (χ1v) is 7.46. The van der Waals surface area contributed by atoms with E-state index in [1.54, 1.807) is 0 Å². The first-order chi connectivity index (χ1) is 9.02. The molecule has 1 aromatic carbocycles. The number of aryl methyl sites for hydroxylation is 3. The maximum Gasteiger partial charge on any atom is 0.0757 e. The van der Waals surface area contributed by atoms with Gasteiger partial charge in [0.25, 0.3) is 0 Å². The number of rotatable bonds is 6. The molecule has 1 aliphatic carbocycles. The molecular weight excluding hydrogens is 234 g/mol. The van der Waals surface area contributed by atoms with Gasteiger partial charge < -0.3 is 10.5 Å². The number of benzene rings is 1. The Balaban J connectivity index is 2.11. The van der Waals surface area contributed by atoms with Crippen LogP contribution in [0.15, 0.2) is 12.1 Å². The Morgan fingerprint density at radius 2 is 1.79 bits per heavy atom. The number of hydrogen-bond donors (Lipinski definition) is 1. The Labute approximate surface area is 117 Å². The normalized spacial score (nSPS) is 18.4. The topological polar surface area (TPSA) is 35.2 Å². The fourth-order valence-corrected chi connectivity index (χ4v) is 3.11. The molecule has 2 rings (SSSR count). The van der Waals surface area contributed by atoms with Gasteiger partial charge in [-0.2, -0.15) is 0 Å². The van der Waals surface area contributed by atoms with Gasteiger partial charge in [0.15, 0.2) is 0 Å². The van der Waals surface area contributed by atoms with E-state index in [9.17, 15) is 0 Å². The summed E-state index contributed by atoms with van der Waals surface area (Å²) in [6.07, 6.45) is 3.73. The van der Waals surface area contributed by atoms with E-state index in [-0.39, 0.29) is 12.1 Å². The Kier molecular flexibility index (Phi) is 4.64. The average Bonchev–Trinajstić information content (AvgIpc) is 3.14. The van der Waals surface area contributed by atoms with Gasteiger partial charge in [0, 0.05) is 12.6 Å². The Hall–Kier alpha value is -0.860. The molecule has 0 aliphatic heterocycles. The zero-order valence-electron chi connectivity index (χ0n) is 12.7. The monoisotopic (exact) mass is 261 g/mol. The van der Waals surface area contributed by atoms with Crippen molar-refractivity contribution in [1.29, 1.82) is 0 Å². The van der Waals surface area contributed by atoms with Crippen LogP contribution in [0.5, 0.6) is 0 Å². The summed E-state index contributed by atoms with van der Waals surface area (Å²) < 4.78 is 5.88. The molecule has 0 aromatic heterocycles. The predicted molar refractivity (Wildman–Crippen MR) is 80.5 cm³/mol. The molecule has 1 aromatic rings. The minimum atomic E-state index is 0.118. The highest BCUT2D eigenvalue weighted by molar-refractivity contribution is 5.38. The van der Waals surface area contributed by atoms with Gasteiger partial charge in [0.05, 0.1) is 6.10 Å². The van der Waals surface area contributed by atoms with Crippen molar-refractivity contribution in [1.82, 2.24) is 0 Å². The zero-order valence-corrected chi connectivity index (χ0v) is 12.7. The van der Waals surface area contributed by atoms with Gasteiger partial charge in [-0.1, -0.05) is 17.7 Å². The van der Waals surface area contributed by atoms with Gasteiger partial charge >= 0.3 is 0 Å². The standard InChI is InChI=1S/C17H27NO/c1-5-19-17(14-6-7-14)16(18)10-15-12(3)8-11(2)9-13(15)4/h8-9,14,16-17H,5-7,10,18H2,1-4H3. The van der Waals surface area contributed by atoms with Gasteiger partial charge in [-0.25, -0.2) is 0 Å². The lowest BCUT2D eigenvalue weighted by molar-refractivity contribution is 0.0287. The molecule has 0 saturated heterocycles. The molecule has 0 radical (unpaired) electrons. The number of hydrogen-bond acceptors (Lipinski definition) is 2. The second-order valence-electron chi connectivity index (χ2n) is 6.00. The highest BCUT2D eigenvalue weighted by atomic mass is 16.5. The van der Waals surface area contributed by atoms with Crippen molar-refractivity contribution < 1.29 is 4.74 Å². The van der Waals surface area contributed by atoms with Gasteiger partial charge in [-0.15, -0.1) is 0 Å². The van der Waals surface area contributed by atoms with Crippen LogP contribution in [-0.4, -0.2) is 18.8 Å². The van der Waals surface area contributed by atoms with Crippen molar-refractivity contribution in [2.75, 3.05) is 6.61 Å². The lowest BCUT2D eigenvalue weighted by atomic mass is 9.91. The molecule has 2 heteroatoms. The van der Waals surface area contributed by atoms with Crippen LogP contribution in [0.4, 0.5) is 0 Å². The maximum atomic E-state index is 6.43. The van der Waals surface area contributed by atoms with Gasteiger partial charge in [0.2, 0.25) is 0 Å². The second kappa shape index (κ2) is 6.06. The summed E-state index contributed by atoms with van der Waals surface area (Å²) in [5, 5.41) is 0. The lowest BCUT2D eigenvalue weighted by Gasteiger charge is -2.25. The molecule has 2 unspecified atom stereocenters. The van der Waals surface area contributed by atoms with Crippen molar-refractivity contribution in [3.8, 4) is 0 Å². The second-order valence-corrected chi connectivity index (χ2v) is 6.00. The molecule has 2 atom stereocenters. The van der Waals surface area contributed by atoms with E-state index < -0.39 is 0 Å². The molecule has 0 amide bonds. The molecule has 19 heavy (non-hydrogen) atoms. The first kappa shape index (κ1) is 14.5. The van der Waals surface area contributed by atoms with Crippen molar-refractivity contribution in [2.24, 2.45) is 11.7 Å². The number of ether oxygens (including phenoxy) is 1. The van der Waals surface area contributed by atoms with E-state index in [2.05, 4.69) is 39.8 Å². The fourth-order valence-electron chi connectivity index (χ4n) is 3.11. The molecule has 1 fully saturated rings. The summed E-state index contributed by atoms with van der Waals surface area (Å²) in [5.74, 6) is 0.695. The minimum absolute atomic E-state index is 0.118. The van der Waals surface area contributed by atoms with Crippen LogP contribution in [0.1, 0.15) is 42.0 Å². The van der Waals surface area contributed by atoms with Crippen LogP contribution in [0.3, 0.4) is 0 Å². The van der Waals surface area contributed by atoms with Crippen LogP contribution in [0.2, 0.25) is 0 Å². The molecule has 0 spiro atoms. The fraction of sp³-hybridized carbons (Fsp3) is 0.647.